The average Bonchev–Trinajstić information content (AvgIpc) is 2.85. The number of ether oxygens (including phenoxy) is 1. The van der Waals surface area contributed by atoms with Gasteiger partial charge in [0.05, 0.1) is 31.3 Å². The molecule has 5 atom stereocenters. The second-order valence-corrected chi connectivity index (χ2v) is 9.46. The van der Waals surface area contributed by atoms with Crippen molar-refractivity contribution in [1.29, 1.82) is 0 Å². The Morgan fingerprint density at radius 3 is 2.71 bits per heavy atom. The molecule has 3 aromatic rings. The number of quaternary nitrogens is 1. The Bertz CT molecular complexity index is 1190. The van der Waals surface area contributed by atoms with Crippen LogP contribution in [0.1, 0.15) is 30.1 Å². The van der Waals surface area contributed by atoms with E-state index in [-0.39, 0.29) is 41.0 Å². The number of aliphatic hydroxyl groups is 1. The van der Waals surface area contributed by atoms with Crippen molar-refractivity contribution in [2.45, 2.75) is 31.5 Å². The van der Waals surface area contributed by atoms with Crippen LogP contribution >= 0.6 is 0 Å². The molecule has 34 heavy (non-hydrogen) atoms. The van der Waals surface area contributed by atoms with E-state index in [1.54, 1.807) is 13.3 Å². The minimum Gasteiger partial charge on any atom is -1.00 e. The fraction of sp³-hybridized carbons (Fsp3) is 0.370. The molecule has 2 aromatic carbocycles. The molecule has 0 aliphatic carbocycles. The van der Waals surface area contributed by atoms with Crippen molar-refractivity contribution in [2.24, 2.45) is 11.8 Å². The zero-order valence-electron chi connectivity index (χ0n) is 19.1. The lowest BCUT2D eigenvalue weighted by atomic mass is 9.71. The van der Waals surface area contributed by atoms with E-state index in [0.717, 1.165) is 42.4 Å². The maximum absolute atomic E-state index is 14.7. The molecule has 6 rings (SSSR count). The number of benzene rings is 2. The summed E-state index contributed by atoms with van der Waals surface area (Å²) in [7, 11) is 1.61. The first kappa shape index (κ1) is 24.8. The molecule has 7 heteroatoms. The summed E-state index contributed by atoms with van der Waals surface area (Å²) < 4.78 is 35.2. The molecule has 4 unspecified atom stereocenters. The van der Waals surface area contributed by atoms with E-state index in [0.29, 0.717) is 16.2 Å². The van der Waals surface area contributed by atoms with E-state index >= 15 is 0 Å². The van der Waals surface area contributed by atoms with Crippen LogP contribution in [0.4, 0.5) is 8.78 Å². The highest BCUT2D eigenvalue weighted by molar-refractivity contribution is 5.83. The van der Waals surface area contributed by atoms with E-state index in [1.165, 1.54) is 18.2 Å². The third-order valence-corrected chi connectivity index (χ3v) is 7.88. The van der Waals surface area contributed by atoms with Crippen LogP contribution in [0.25, 0.3) is 10.9 Å². The zero-order valence-corrected chi connectivity index (χ0v) is 20.7. The van der Waals surface area contributed by atoms with E-state index in [9.17, 15) is 13.9 Å². The van der Waals surface area contributed by atoms with Crippen molar-refractivity contribution < 1.29 is 40.1 Å². The maximum Gasteiger partial charge on any atom is 0.135 e. The Balaban J connectivity index is 0.00000274. The van der Waals surface area contributed by atoms with Gasteiger partial charge in [0.25, 0.3) is 0 Å². The molecule has 4 nitrogen and oxygen atoms in total. The summed E-state index contributed by atoms with van der Waals surface area (Å²) in [5.74, 6) is 0.315. The highest BCUT2D eigenvalue weighted by atomic mass is 79.9. The Hall–Kier alpha value is -2.35. The molecular weight excluding hydrogens is 502 g/mol. The molecule has 3 aliphatic rings. The molecule has 3 fully saturated rings. The quantitative estimate of drug-likeness (QED) is 0.392. The number of hydrogen-bond acceptors (Lipinski definition) is 3. The SMILES string of the molecule is C=CC1C[N+]2(Cc3c(F)cccc3F)CCC1CC2[C@H](O)c1ccnc2ccc(OC)cc12.[Br-]. The lowest BCUT2D eigenvalue weighted by molar-refractivity contribution is -0.985. The number of piperidine rings is 3. The van der Waals surface area contributed by atoms with Gasteiger partial charge in [-0.25, -0.2) is 8.78 Å². The molecule has 0 spiro atoms. The highest BCUT2D eigenvalue weighted by Gasteiger charge is 2.54. The second kappa shape index (κ2) is 9.72. The van der Waals surface area contributed by atoms with E-state index in [1.807, 2.05) is 30.3 Å². The van der Waals surface area contributed by atoms with Crippen molar-refractivity contribution in [1.82, 2.24) is 4.98 Å². The van der Waals surface area contributed by atoms with Crippen molar-refractivity contribution in [3.8, 4) is 5.75 Å². The van der Waals surface area contributed by atoms with Crippen LogP contribution in [0.5, 0.6) is 5.75 Å². The van der Waals surface area contributed by atoms with Gasteiger partial charge in [-0.05, 0) is 47.9 Å². The molecule has 3 saturated heterocycles. The summed E-state index contributed by atoms with van der Waals surface area (Å²) in [6, 6.07) is 11.3. The fourth-order valence-corrected chi connectivity index (χ4v) is 6.12. The first-order chi connectivity index (χ1) is 16.0. The largest absolute Gasteiger partial charge is 1.00 e. The topological polar surface area (TPSA) is 42.4 Å². The van der Waals surface area contributed by atoms with Gasteiger partial charge < -0.3 is 31.3 Å². The van der Waals surface area contributed by atoms with Gasteiger partial charge in [0, 0.05) is 30.3 Å². The summed E-state index contributed by atoms with van der Waals surface area (Å²) in [5, 5.41) is 12.6. The van der Waals surface area contributed by atoms with E-state index in [2.05, 4.69) is 11.6 Å². The van der Waals surface area contributed by atoms with Gasteiger partial charge in [0.15, 0.2) is 0 Å². The van der Waals surface area contributed by atoms with Crippen LogP contribution in [0.2, 0.25) is 0 Å². The highest BCUT2D eigenvalue weighted by Crippen LogP contribution is 2.48. The van der Waals surface area contributed by atoms with Gasteiger partial charge in [0.2, 0.25) is 0 Å². The Kier molecular flexibility index (Phi) is 7.08. The summed E-state index contributed by atoms with van der Waals surface area (Å²) in [4.78, 5) is 4.44. The Morgan fingerprint density at radius 2 is 2.00 bits per heavy atom. The van der Waals surface area contributed by atoms with Crippen molar-refractivity contribution >= 4 is 10.9 Å². The van der Waals surface area contributed by atoms with Crippen LogP contribution in [0, 0.1) is 23.5 Å². The predicted octanol–water partition coefficient (Wildman–Crippen LogP) is 2.17. The first-order valence-electron chi connectivity index (χ1n) is 11.5. The monoisotopic (exact) mass is 530 g/mol. The van der Waals surface area contributed by atoms with Crippen LogP contribution in [0.15, 0.2) is 61.3 Å². The van der Waals surface area contributed by atoms with E-state index < -0.39 is 17.7 Å². The molecule has 2 bridgehead atoms. The Labute approximate surface area is 209 Å². The van der Waals surface area contributed by atoms with Gasteiger partial charge >= 0.3 is 0 Å². The minimum atomic E-state index is -0.800. The molecule has 180 valence electrons. The number of aliphatic hydroxyl groups excluding tert-OH is 1. The molecule has 0 saturated carbocycles. The molecule has 3 aliphatic heterocycles. The third-order valence-electron chi connectivity index (χ3n) is 7.88. The predicted molar refractivity (Wildman–Crippen MR) is 124 cm³/mol. The minimum absolute atomic E-state index is 0. The Morgan fingerprint density at radius 1 is 1.24 bits per heavy atom. The second-order valence-electron chi connectivity index (χ2n) is 9.46. The number of aromatic nitrogens is 1. The number of fused-ring (bicyclic) bond motifs is 4. The summed E-state index contributed by atoms with van der Waals surface area (Å²) in [6.45, 7) is 5.73. The molecule has 1 N–H and O–H groups in total. The van der Waals surface area contributed by atoms with Gasteiger partial charge in [-0.15, -0.1) is 6.58 Å². The zero-order chi connectivity index (χ0) is 23.2. The molecule has 0 radical (unpaired) electrons. The molecule has 0 amide bonds. The number of methoxy groups -OCH3 is 1. The van der Waals surface area contributed by atoms with Crippen molar-refractivity contribution in [2.75, 3.05) is 20.2 Å². The summed E-state index contributed by atoms with van der Waals surface area (Å²) in [5.41, 5.74) is 1.65. The summed E-state index contributed by atoms with van der Waals surface area (Å²) in [6.07, 6.45) is 4.62. The lowest BCUT2D eigenvalue weighted by Crippen LogP contribution is -3.00. The average molecular weight is 531 g/mol. The van der Waals surface area contributed by atoms with Crippen molar-refractivity contribution in [3.63, 3.8) is 0 Å². The van der Waals surface area contributed by atoms with Gasteiger partial charge in [-0.3, -0.25) is 4.98 Å². The smallest absolute Gasteiger partial charge is 0.135 e. The third kappa shape index (κ3) is 4.14. The van der Waals surface area contributed by atoms with Gasteiger partial charge in [-0.1, -0.05) is 12.1 Å². The molecule has 1 aromatic heterocycles. The standard InChI is InChI=1S/C27H29F2N2O2.BrH/c1-3-17-15-31(16-22-23(28)5-4-6-24(22)29)12-10-18(17)13-26(31)27(32)20-9-11-30-25-8-7-19(33-2)14-21(20)25;/h3-9,11,14,17-18,26-27,32H,1,10,12-13,15-16H2,2H3;1H/q+1;/p-1/t17?,18?,26?,27-,31?;/m1./s1. The number of nitrogens with zero attached hydrogens (tertiary/aromatic N) is 2. The normalized spacial score (nSPS) is 26.6. The number of pyridine rings is 1. The molecular formula is C27H29BrF2N2O2. The van der Waals surface area contributed by atoms with Crippen LogP contribution in [-0.4, -0.2) is 40.8 Å². The first-order valence-corrected chi connectivity index (χ1v) is 11.5. The van der Waals surface area contributed by atoms with E-state index in [4.69, 9.17) is 4.74 Å². The van der Waals surface area contributed by atoms with Crippen LogP contribution in [-0.2, 0) is 6.54 Å². The maximum atomic E-state index is 14.7. The van der Waals surface area contributed by atoms with Gasteiger partial charge in [-0.2, -0.15) is 0 Å². The number of hydrogen-bond donors (Lipinski definition) is 1. The lowest BCUT2D eigenvalue weighted by Gasteiger charge is -2.58. The van der Waals surface area contributed by atoms with Crippen molar-refractivity contribution in [3.05, 3.63) is 84.1 Å². The number of rotatable bonds is 6. The van der Waals surface area contributed by atoms with Crippen LogP contribution in [0.3, 0.4) is 0 Å². The summed E-state index contributed by atoms with van der Waals surface area (Å²) >= 11 is 0. The van der Waals surface area contributed by atoms with Crippen LogP contribution < -0.4 is 21.7 Å². The molecule has 4 heterocycles. The number of halogens is 3. The fourth-order valence-electron chi connectivity index (χ4n) is 6.12. The van der Waals surface area contributed by atoms with Gasteiger partial charge in [0.1, 0.15) is 36.1 Å².